The Bertz CT molecular complexity index is 327. The van der Waals surface area contributed by atoms with Crippen molar-refractivity contribution in [1.82, 2.24) is 4.90 Å². The molecular formula is C15H21N. The summed E-state index contributed by atoms with van der Waals surface area (Å²) in [4.78, 5) is 2.68. The fourth-order valence-corrected chi connectivity index (χ4v) is 3.03. The van der Waals surface area contributed by atoms with Crippen LogP contribution in [0.1, 0.15) is 37.2 Å². The van der Waals surface area contributed by atoms with Crippen LogP contribution in [0.3, 0.4) is 0 Å². The molecule has 0 bridgehead atoms. The third kappa shape index (κ3) is 2.30. The maximum atomic E-state index is 2.68. The molecule has 0 N–H and O–H groups in total. The number of hydrogen-bond donors (Lipinski definition) is 0. The fourth-order valence-electron chi connectivity index (χ4n) is 3.03. The first kappa shape index (κ1) is 10.3. The molecule has 2 fully saturated rings. The van der Waals surface area contributed by atoms with Gasteiger partial charge in [-0.1, -0.05) is 36.8 Å². The molecule has 1 heteroatoms. The van der Waals surface area contributed by atoms with E-state index in [0.717, 1.165) is 11.8 Å². The Morgan fingerprint density at radius 1 is 1.00 bits per heavy atom. The quantitative estimate of drug-likeness (QED) is 0.748. The Balaban J connectivity index is 1.52. The van der Waals surface area contributed by atoms with Gasteiger partial charge in [-0.25, -0.2) is 0 Å². The molecule has 1 aliphatic carbocycles. The van der Waals surface area contributed by atoms with E-state index in [4.69, 9.17) is 0 Å². The average molecular weight is 215 g/mol. The molecule has 1 aliphatic heterocycles. The molecule has 0 radical (unpaired) electrons. The molecule has 1 aromatic rings. The predicted octanol–water partition coefficient (Wildman–Crippen LogP) is 3.28. The van der Waals surface area contributed by atoms with Gasteiger partial charge in [0.15, 0.2) is 0 Å². The van der Waals surface area contributed by atoms with Gasteiger partial charge in [-0.2, -0.15) is 0 Å². The summed E-state index contributed by atoms with van der Waals surface area (Å²) in [5, 5.41) is 0. The van der Waals surface area contributed by atoms with Gasteiger partial charge >= 0.3 is 0 Å². The Labute approximate surface area is 98.5 Å². The van der Waals surface area contributed by atoms with E-state index in [1.165, 1.54) is 45.3 Å². The number of hydrogen-bond acceptors (Lipinski definition) is 1. The molecule has 2 aliphatic rings. The van der Waals surface area contributed by atoms with Crippen molar-refractivity contribution in [2.75, 3.05) is 19.6 Å². The van der Waals surface area contributed by atoms with Crippen molar-refractivity contribution in [3.63, 3.8) is 0 Å². The van der Waals surface area contributed by atoms with Crippen LogP contribution in [0.25, 0.3) is 0 Å². The summed E-state index contributed by atoms with van der Waals surface area (Å²) >= 11 is 0. The number of rotatable bonds is 3. The van der Waals surface area contributed by atoms with Gasteiger partial charge in [0.1, 0.15) is 0 Å². The van der Waals surface area contributed by atoms with Crippen molar-refractivity contribution < 1.29 is 0 Å². The van der Waals surface area contributed by atoms with E-state index in [1.807, 2.05) is 0 Å². The lowest BCUT2D eigenvalue weighted by molar-refractivity contribution is 0.219. The van der Waals surface area contributed by atoms with Crippen LogP contribution in [0.2, 0.25) is 0 Å². The molecule has 0 amide bonds. The standard InChI is InChI=1S/C15H21N/c1-3-7-13(8-4-1)15-11-14(15)12-16-9-5-2-6-10-16/h1,3-4,7-8,14-15H,2,5-6,9-12H2/t14-,15-/m0/s1. The van der Waals surface area contributed by atoms with Crippen molar-refractivity contribution in [2.24, 2.45) is 5.92 Å². The maximum Gasteiger partial charge on any atom is 0.00157 e. The van der Waals surface area contributed by atoms with Crippen LogP contribution in [0.5, 0.6) is 0 Å². The van der Waals surface area contributed by atoms with E-state index in [1.54, 1.807) is 5.56 Å². The summed E-state index contributed by atoms with van der Waals surface area (Å²) < 4.78 is 0. The van der Waals surface area contributed by atoms with Crippen molar-refractivity contribution in [1.29, 1.82) is 0 Å². The molecule has 0 unspecified atom stereocenters. The molecule has 16 heavy (non-hydrogen) atoms. The largest absolute Gasteiger partial charge is 0.303 e. The zero-order valence-electron chi connectivity index (χ0n) is 9.94. The van der Waals surface area contributed by atoms with Crippen molar-refractivity contribution in [3.8, 4) is 0 Å². The Morgan fingerprint density at radius 2 is 1.75 bits per heavy atom. The molecule has 0 spiro atoms. The van der Waals surface area contributed by atoms with E-state index in [-0.39, 0.29) is 0 Å². The highest BCUT2D eigenvalue weighted by atomic mass is 15.1. The Morgan fingerprint density at radius 3 is 2.50 bits per heavy atom. The number of nitrogens with zero attached hydrogens (tertiary/aromatic N) is 1. The molecule has 1 heterocycles. The van der Waals surface area contributed by atoms with Gasteiger partial charge in [-0.05, 0) is 49.8 Å². The van der Waals surface area contributed by atoms with Gasteiger partial charge in [-0.15, -0.1) is 0 Å². The van der Waals surface area contributed by atoms with Gasteiger partial charge in [0.25, 0.3) is 0 Å². The average Bonchev–Trinajstić information content (AvgIpc) is 3.11. The zero-order chi connectivity index (χ0) is 10.8. The molecule has 1 nitrogen and oxygen atoms in total. The summed E-state index contributed by atoms with van der Waals surface area (Å²) in [5.41, 5.74) is 1.56. The SMILES string of the molecule is c1ccc([C@@H]2C[C@H]2CN2CCCCC2)cc1. The third-order valence-corrected chi connectivity index (χ3v) is 4.09. The number of piperidine rings is 1. The van der Waals surface area contributed by atoms with Crippen molar-refractivity contribution in [2.45, 2.75) is 31.6 Å². The van der Waals surface area contributed by atoms with Crippen LogP contribution in [0, 0.1) is 5.92 Å². The minimum absolute atomic E-state index is 0.864. The summed E-state index contributed by atoms with van der Waals surface area (Å²) in [5.74, 6) is 1.81. The molecule has 1 saturated carbocycles. The van der Waals surface area contributed by atoms with E-state index < -0.39 is 0 Å². The second-order valence-electron chi connectivity index (χ2n) is 5.37. The van der Waals surface area contributed by atoms with Crippen LogP contribution in [-0.4, -0.2) is 24.5 Å². The molecule has 3 rings (SSSR count). The summed E-state index contributed by atoms with van der Waals surface area (Å²) in [7, 11) is 0. The summed E-state index contributed by atoms with van der Waals surface area (Å²) in [6, 6.07) is 11.0. The second kappa shape index (κ2) is 4.58. The lowest BCUT2D eigenvalue weighted by Gasteiger charge is -2.26. The van der Waals surface area contributed by atoms with E-state index >= 15 is 0 Å². The zero-order valence-corrected chi connectivity index (χ0v) is 9.94. The number of likely N-dealkylation sites (tertiary alicyclic amines) is 1. The van der Waals surface area contributed by atoms with Gasteiger partial charge in [-0.3, -0.25) is 0 Å². The van der Waals surface area contributed by atoms with Gasteiger partial charge in [0.05, 0.1) is 0 Å². The number of benzene rings is 1. The highest BCUT2D eigenvalue weighted by Crippen LogP contribution is 2.47. The first-order chi connectivity index (χ1) is 7.93. The smallest absolute Gasteiger partial charge is 0.00157 e. The lowest BCUT2D eigenvalue weighted by Crippen LogP contribution is -2.31. The summed E-state index contributed by atoms with van der Waals surface area (Å²) in [6.45, 7) is 4.04. The highest BCUT2D eigenvalue weighted by Gasteiger charge is 2.38. The Hall–Kier alpha value is -0.820. The first-order valence-corrected chi connectivity index (χ1v) is 6.71. The lowest BCUT2D eigenvalue weighted by atomic mass is 10.1. The van der Waals surface area contributed by atoms with Crippen LogP contribution in [0.15, 0.2) is 30.3 Å². The summed E-state index contributed by atoms with van der Waals surface area (Å²) in [6.07, 6.45) is 5.70. The first-order valence-electron chi connectivity index (χ1n) is 6.71. The van der Waals surface area contributed by atoms with Crippen LogP contribution in [0.4, 0.5) is 0 Å². The molecule has 1 aromatic carbocycles. The van der Waals surface area contributed by atoms with Crippen molar-refractivity contribution in [3.05, 3.63) is 35.9 Å². The minimum atomic E-state index is 0.864. The topological polar surface area (TPSA) is 3.24 Å². The van der Waals surface area contributed by atoms with Crippen molar-refractivity contribution >= 4 is 0 Å². The normalized spacial score (nSPS) is 30.2. The maximum absolute atomic E-state index is 2.68. The monoisotopic (exact) mass is 215 g/mol. The van der Waals surface area contributed by atoms with Gasteiger partial charge in [0.2, 0.25) is 0 Å². The van der Waals surface area contributed by atoms with Crippen LogP contribution < -0.4 is 0 Å². The molecular weight excluding hydrogens is 194 g/mol. The predicted molar refractivity (Wildman–Crippen MR) is 67.6 cm³/mol. The fraction of sp³-hybridized carbons (Fsp3) is 0.600. The third-order valence-electron chi connectivity index (χ3n) is 4.09. The van der Waals surface area contributed by atoms with E-state index in [2.05, 4.69) is 35.2 Å². The van der Waals surface area contributed by atoms with E-state index in [9.17, 15) is 0 Å². The highest BCUT2D eigenvalue weighted by molar-refractivity contribution is 5.25. The molecule has 0 aromatic heterocycles. The minimum Gasteiger partial charge on any atom is -0.303 e. The van der Waals surface area contributed by atoms with Crippen LogP contribution >= 0.6 is 0 Å². The van der Waals surface area contributed by atoms with Gasteiger partial charge < -0.3 is 4.90 Å². The Kier molecular flexibility index (Phi) is 2.96. The van der Waals surface area contributed by atoms with Crippen LogP contribution in [-0.2, 0) is 0 Å². The molecule has 1 saturated heterocycles. The van der Waals surface area contributed by atoms with Gasteiger partial charge in [0, 0.05) is 6.54 Å². The van der Waals surface area contributed by atoms with E-state index in [0.29, 0.717) is 0 Å². The molecule has 2 atom stereocenters. The second-order valence-corrected chi connectivity index (χ2v) is 5.37. The molecule has 86 valence electrons.